The lowest BCUT2D eigenvalue weighted by Gasteiger charge is -2.11. The van der Waals surface area contributed by atoms with Crippen molar-refractivity contribution in [2.24, 2.45) is 7.05 Å². The van der Waals surface area contributed by atoms with Crippen molar-refractivity contribution < 1.29 is 13.2 Å². The lowest BCUT2D eigenvalue weighted by atomic mass is 10.0. The predicted octanol–water partition coefficient (Wildman–Crippen LogP) is 3.95. The Balaban J connectivity index is 1.59. The maximum Gasteiger partial charge on any atom is 0.437 e. The van der Waals surface area contributed by atoms with Crippen molar-refractivity contribution >= 4 is 5.82 Å². The Kier molecular flexibility index (Phi) is 5.57. The van der Waals surface area contributed by atoms with Crippen molar-refractivity contribution in [3.63, 3.8) is 0 Å². The number of aromatic nitrogens is 4. The minimum Gasteiger partial charge on any atom is -0.388 e. The van der Waals surface area contributed by atoms with E-state index in [0.29, 0.717) is 17.8 Å². The molecule has 3 aromatic heterocycles. The molecular weight excluding hydrogens is 404 g/mol. The van der Waals surface area contributed by atoms with E-state index in [2.05, 4.69) is 20.4 Å². The highest BCUT2D eigenvalue weighted by Gasteiger charge is 2.14. The van der Waals surface area contributed by atoms with Crippen LogP contribution in [0.2, 0.25) is 0 Å². The molecule has 1 N–H and O–H groups in total. The lowest BCUT2D eigenvalue weighted by Crippen LogP contribution is -2.09. The van der Waals surface area contributed by atoms with Crippen molar-refractivity contribution in [3.05, 3.63) is 82.2 Å². The van der Waals surface area contributed by atoms with Crippen molar-refractivity contribution in [2.75, 3.05) is 5.32 Å². The van der Waals surface area contributed by atoms with E-state index >= 15 is 0 Å². The third-order valence-electron chi connectivity index (χ3n) is 4.82. The molecule has 0 radical (unpaired) electrons. The molecule has 0 saturated carbocycles. The van der Waals surface area contributed by atoms with Gasteiger partial charge in [0.25, 0.3) is 5.89 Å². The first kappa shape index (κ1) is 20.4. The van der Waals surface area contributed by atoms with Crippen LogP contribution in [0.3, 0.4) is 0 Å². The standard InChI is InChI=1S/C22H19F2N5O2/c1-3-19-15(9-14(11-25-19)21-28-29(2)22(30)31-21)13-7-8-20(26-10-13)27-12-16-17(23)5-4-6-18(16)24/h4-11H,3,12H2,1-2H3,(H,26,27). The molecule has 3 heterocycles. The van der Waals surface area contributed by atoms with E-state index in [0.717, 1.165) is 21.5 Å². The van der Waals surface area contributed by atoms with Crippen molar-refractivity contribution in [1.82, 2.24) is 19.7 Å². The molecular formula is C22H19F2N5O2. The van der Waals surface area contributed by atoms with Gasteiger partial charge in [-0.05, 0) is 36.8 Å². The highest BCUT2D eigenvalue weighted by molar-refractivity contribution is 5.71. The molecule has 0 aliphatic heterocycles. The van der Waals surface area contributed by atoms with Crippen LogP contribution in [0.25, 0.3) is 22.6 Å². The summed E-state index contributed by atoms with van der Waals surface area (Å²) in [6.07, 6.45) is 3.95. The number of nitrogens with zero attached hydrogens (tertiary/aromatic N) is 4. The van der Waals surface area contributed by atoms with Crippen LogP contribution in [0, 0.1) is 11.6 Å². The fourth-order valence-electron chi connectivity index (χ4n) is 3.14. The fraction of sp³-hybridized carbons (Fsp3) is 0.182. The molecule has 0 aliphatic carbocycles. The molecule has 0 aliphatic rings. The highest BCUT2D eigenvalue weighted by atomic mass is 19.1. The second-order valence-corrected chi connectivity index (χ2v) is 6.85. The topological polar surface area (TPSA) is 85.8 Å². The molecule has 7 nitrogen and oxygen atoms in total. The summed E-state index contributed by atoms with van der Waals surface area (Å²) in [5, 5.41) is 6.99. The Morgan fingerprint density at radius 2 is 1.81 bits per heavy atom. The van der Waals surface area contributed by atoms with Gasteiger partial charge in [0.1, 0.15) is 17.5 Å². The summed E-state index contributed by atoms with van der Waals surface area (Å²) in [4.78, 5) is 20.4. The van der Waals surface area contributed by atoms with Crippen LogP contribution in [-0.2, 0) is 20.0 Å². The smallest absolute Gasteiger partial charge is 0.388 e. The molecule has 0 amide bonds. The molecule has 0 fully saturated rings. The van der Waals surface area contributed by atoms with Crippen molar-refractivity contribution in [1.29, 1.82) is 0 Å². The van der Waals surface area contributed by atoms with Gasteiger partial charge in [0, 0.05) is 48.4 Å². The zero-order valence-electron chi connectivity index (χ0n) is 16.9. The SMILES string of the molecule is CCc1ncc(-c2nn(C)c(=O)o2)cc1-c1ccc(NCc2c(F)cccc2F)nc1. The number of anilines is 1. The van der Waals surface area contributed by atoms with Crippen LogP contribution in [0.5, 0.6) is 0 Å². The van der Waals surface area contributed by atoms with Crippen LogP contribution >= 0.6 is 0 Å². The monoisotopic (exact) mass is 423 g/mol. The molecule has 4 rings (SSSR count). The van der Waals surface area contributed by atoms with Gasteiger partial charge < -0.3 is 9.73 Å². The highest BCUT2D eigenvalue weighted by Crippen LogP contribution is 2.28. The first-order valence-electron chi connectivity index (χ1n) is 9.63. The van der Waals surface area contributed by atoms with Gasteiger partial charge in [-0.25, -0.2) is 18.6 Å². The number of halogens is 2. The van der Waals surface area contributed by atoms with Gasteiger partial charge >= 0.3 is 5.76 Å². The molecule has 4 aromatic rings. The van der Waals surface area contributed by atoms with E-state index < -0.39 is 17.4 Å². The van der Waals surface area contributed by atoms with E-state index in [9.17, 15) is 13.6 Å². The van der Waals surface area contributed by atoms with Crippen LogP contribution in [-0.4, -0.2) is 19.7 Å². The molecule has 9 heteroatoms. The molecule has 31 heavy (non-hydrogen) atoms. The molecule has 0 atom stereocenters. The summed E-state index contributed by atoms with van der Waals surface area (Å²) in [7, 11) is 1.51. The first-order chi connectivity index (χ1) is 15.0. The average Bonchev–Trinajstić information content (AvgIpc) is 3.11. The Morgan fingerprint density at radius 3 is 2.42 bits per heavy atom. The van der Waals surface area contributed by atoms with E-state index in [1.807, 2.05) is 19.1 Å². The largest absolute Gasteiger partial charge is 0.437 e. The fourth-order valence-corrected chi connectivity index (χ4v) is 3.14. The lowest BCUT2D eigenvalue weighted by molar-refractivity contribution is 0.505. The van der Waals surface area contributed by atoms with Gasteiger partial charge in [0.15, 0.2) is 0 Å². The van der Waals surface area contributed by atoms with Gasteiger partial charge in [-0.15, -0.1) is 5.10 Å². The van der Waals surface area contributed by atoms with Gasteiger partial charge in [-0.3, -0.25) is 4.98 Å². The summed E-state index contributed by atoms with van der Waals surface area (Å²) in [5.74, 6) is -1.12. The first-order valence-corrected chi connectivity index (χ1v) is 9.63. The van der Waals surface area contributed by atoms with Crippen LogP contribution < -0.4 is 11.1 Å². The van der Waals surface area contributed by atoms with E-state index in [4.69, 9.17) is 4.42 Å². The zero-order chi connectivity index (χ0) is 22.0. The van der Waals surface area contributed by atoms with Gasteiger partial charge in [-0.2, -0.15) is 4.68 Å². The molecule has 0 bridgehead atoms. The van der Waals surface area contributed by atoms with Crippen LogP contribution in [0.4, 0.5) is 14.6 Å². The molecule has 0 spiro atoms. The third kappa shape index (κ3) is 4.20. The number of hydrogen-bond acceptors (Lipinski definition) is 6. The second kappa shape index (κ2) is 8.47. The van der Waals surface area contributed by atoms with E-state index in [1.54, 1.807) is 18.5 Å². The average molecular weight is 423 g/mol. The Hall–Kier alpha value is -3.88. The van der Waals surface area contributed by atoms with Crippen molar-refractivity contribution in [2.45, 2.75) is 19.9 Å². The second-order valence-electron chi connectivity index (χ2n) is 6.85. The number of rotatable bonds is 6. The minimum atomic E-state index is -0.610. The summed E-state index contributed by atoms with van der Waals surface area (Å²) in [6, 6.07) is 9.16. The molecule has 1 aromatic carbocycles. The molecule has 0 saturated heterocycles. The summed E-state index contributed by atoms with van der Waals surface area (Å²) >= 11 is 0. The number of aryl methyl sites for hydroxylation is 2. The number of hydrogen-bond donors (Lipinski definition) is 1. The van der Waals surface area contributed by atoms with Gasteiger partial charge in [0.2, 0.25) is 0 Å². The Morgan fingerprint density at radius 1 is 1.06 bits per heavy atom. The molecule has 158 valence electrons. The Labute approximate surface area is 176 Å². The van der Waals surface area contributed by atoms with Crippen molar-refractivity contribution in [3.8, 4) is 22.6 Å². The van der Waals surface area contributed by atoms with Gasteiger partial charge in [0.05, 0.1) is 5.56 Å². The third-order valence-corrected chi connectivity index (χ3v) is 4.82. The zero-order valence-corrected chi connectivity index (χ0v) is 16.9. The van der Waals surface area contributed by atoms with Crippen LogP contribution in [0.1, 0.15) is 18.2 Å². The Bertz CT molecular complexity index is 1260. The normalized spacial score (nSPS) is 11.0. The molecule has 0 unspecified atom stereocenters. The van der Waals surface area contributed by atoms with E-state index in [-0.39, 0.29) is 18.0 Å². The predicted molar refractivity (Wildman–Crippen MR) is 111 cm³/mol. The van der Waals surface area contributed by atoms with E-state index in [1.165, 1.54) is 25.2 Å². The maximum atomic E-state index is 13.8. The van der Waals surface area contributed by atoms with Crippen LogP contribution in [0.15, 0.2) is 58.0 Å². The number of benzene rings is 1. The van der Waals surface area contributed by atoms with Gasteiger partial charge in [-0.1, -0.05) is 13.0 Å². The number of pyridine rings is 2. The summed E-state index contributed by atoms with van der Waals surface area (Å²) in [5.41, 5.74) is 3.00. The summed E-state index contributed by atoms with van der Waals surface area (Å²) < 4.78 is 33.8. The maximum absolute atomic E-state index is 13.8. The minimum absolute atomic E-state index is 0.0270. The number of nitrogens with one attached hydrogen (secondary N) is 1. The quantitative estimate of drug-likeness (QED) is 0.505. The summed E-state index contributed by atoms with van der Waals surface area (Å²) in [6.45, 7) is 1.96.